The molecule has 1 aromatic carbocycles. The van der Waals surface area contributed by atoms with Crippen molar-refractivity contribution in [2.45, 2.75) is 33.6 Å². The van der Waals surface area contributed by atoms with Crippen LogP contribution in [0.5, 0.6) is 0 Å². The molecule has 5 heteroatoms. The van der Waals surface area contributed by atoms with E-state index < -0.39 is 0 Å². The Labute approximate surface area is 198 Å². The molecule has 33 heavy (non-hydrogen) atoms. The number of carbonyl (C=O) groups is 1. The van der Waals surface area contributed by atoms with Crippen LogP contribution in [0.1, 0.15) is 48.2 Å². The van der Waals surface area contributed by atoms with Crippen LogP contribution in [0, 0.1) is 12.8 Å². The van der Waals surface area contributed by atoms with Gasteiger partial charge in [0, 0.05) is 41.8 Å². The largest absolute Gasteiger partial charge is 0.356 e. The van der Waals surface area contributed by atoms with Crippen molar-refractivity contribution in [3.63, 3.8) is 0 Å². The number of nitrogens with one attached hydrogen (secondary N) is 2. The minimum absolute atomic E-state index is 0.0118. The predicted octanol–water partition coefficient (Wildman–Crippen LogP) is 5.44. The zero-order chi connectivity index (χ0) is 23.5. The molecule has 0 bridgehead atoms. The smallest absolute Gasteiger partial charge is 0.251 e. The number of aromatic nitrogens is 1. The maximum atomic E-state index is 12.5. The van der Waals surface area contributed by atoms with Crippen LogP contribution < -0.4 is 10.6 Å². The van der Waals surface area contributed by atoms with Gasteiger partial charge >= 0.3 is 0 Å². The van der Waals surface area contributed by atoms with Crippen LogP contribution >= 0.6 is 0 Å². The summed E-state index contributed by atoms with van der Waals surface area (Å²) in [5, 5.41) is 6.56. The maximum Gasteiger partial charge on any atom is 0.251 e. The molecule has 0 fully saturated rings. The van der Waals surface area contributed by atoms with Crippen molar-refractivity contribution in [2.75, 3.05) is 31.5 Å². The van der Waals surface area contributed by atoms with Crippen LogP contribution in [0.15, 0.2) is 72.7 Å². The van der Waals surface area contributed by atoms with E-state index in [4.69, 9.17) is 0 Å². The number of amides is 1. The third kappa shape index (κ3) is 7.72. The second-order valence-corrected chi connectivity index (χ2v) is 8.35. The van der Waals surface area contributed by atoms with Crippen molar-refractivity contribution in [3.05, 3.63) is 89.4 Å². The van der Waals surface area contributed by atoms with Crippen LogP contribution in [0.4, 0.5) is 5.69 Å². The summed E-state index contributed by atoms with van der Waals surface area (Å²) < 4.78 is 0. The fraction of sp³-hybridized carbons (Fsp3) is 0.357. The zero-order valence-corrected chi connectivity index (χ0v) is 20.1. The number of aryl methyl sites for hydroxylation is 1. The highest BCUT2D eigenvalue weighted by Crippen LogP contribution is 2.23. The summed E-state index contributed by atoms with van der Waals surface area (Å²) in [4.78, 5) is 19.0. The number of hydrogen-bond donors (Lipinski definition) is 2. The Balaban J connectivity index is 1.55. The van der Waals surface area contributed by atoms with Gasteiger partial charge in [-0.25, -0.2) is 0 Å². The van der Waals surface area contributed by atoms with Crippen LogP contribution in [-0.4, -0.2) is 42.0 Å². The van der Waals surface area contributed by atoms with E-state index in [9.17, 15) is 4.79 Å². The Morgan fingerprint density at radius 3 is 2.70 bits per heavy atom. The molecule has 0 saturated carbocycles. The summed E-state index contributed by atoms with van der Waals surface area (Å²) in [5.41, 5.74) is 4.99. The van der Waals surface area contributed by atoms with Gasteiger partial charge < -0.3 is 15.5 Å². The van der Waals surface area contributed by atoms with Gasteiger partial charge in [-0.3, -0.25) is 9.78 Å². The number of nitrogens with zero attached hydrogens (tertiary/aromatic N) is 2. The van der Waals surface area contributed by atoms with Gasteiger partial charge in [-0.1, -0.05) is 38.2 Å². The molecule has 174 valence electrons. The molecule has 1 amide bonds. The van der Waals surface area contributed by atoms with Crippen molar-refractivity contribution in [2.24, 2.45) is 5.92 Å². The summed E-state index contributed by atoms with van der Waals surface area (Å²) in [6, 6.07) is 9.85. The molecule has 0 spiro atoms. The molecule has 3 rings (SSSR count). The predicted molar refractivity (Wildman–Crippen MR) is 138 cm³/mol. The van der Waals surface area contributed by atoms with Crippen LogP contribution in [0.2, 0.25) is 0 Å². The Bertz CT molecular complexity index is 990. The van der Waals surface area contributed by atoms with Crippen molar-refractivity contribution in [1.82, 2.24) is 15.2 Å². The highest BCUT2D eigenvalue weighted by Gasteiger charge is 2.10. The van der Waals surface area contributed by atoms with Crippen LogP contribution in [0.3, 0.4) is 0 Å². The number of carbonyl (C=O) groups excluding carboxylic acids is 1. The first-order valence-corrected chi connectivity index (χ1v) is 11.9. The van der Waals surface area contributed by atoms with E-state index in [1.165, 1.54) is 0 Å². The third-order valence-corrected chi connectivity index (χ3v) is 5.94. The number of anilines is 1. The summed E-state index contributed by atoms with van der Waals surface area (Å²) in [6.45, 7) is 10.2. The first-order valence-electron chi connectivity index (χ1n) is 11.9. The van der Waals surface area contributed by atoms with Gasteiger partial charge in [-0.2, -0.15) is 0 Å². The second-order valence-electron chi connectivity index (χ2n) is 8.35. The molecular formula is C28H36N4O. The lowest BCUT2D eigenvalue weighted by atomic mass is 9.97. The van der Waals surface area contributed by atoms with E-state index in [0.29, 0.717) is 18.0 Å². The first kappa shape index (κ1) is 24.5. The fourth-order valence-corrected chi connectivity index (χ4v) is 3.88. The van der Waals surface area contributed by atoms with Gasteiger partial charge in [0.15, 0.2) is 0 Å². The van der Waals surface area contributed by atoms with Crippen LogP contribution in [0.25, 0.3) is 6.08 Å². The van der Waals surface area contributed by atoms with Gasteiger partial charge in [0.25, 0.3) is 5.91 Å². The Morgan fingerprint density at radius 1 is 1.18 bits per heavy atom. The SMILES string of the molecule is CCN(CC)CCCNC(=O)c1ccc(NC2=CC(/C=C/c3ccncc3)CC=C2)c(C)c1. The Hall–Kier alpha value is -3.18. The molecule has 2 N–H and O–H groups in total. The maximum absolute atomic E-state index is 12.5. The molecule has 1 unspecified atom stereocenters. The van der Waals surface area contributed by atoms with E-state index in [2.05, 4.69) is 64.7 Å². The molecule has 0 saturated heterocycles. The first-order chi connectivity index (χ1) is 16.1. The van der Waals surface area contributed by atoms with Gasteiger partial charge in [-0.15, -0.1) is 0 Å². The summed E-state index contributed by atoms with van der Waals surface area (Å²) in [7, 11) is 0. The fourth-order valence-electron chi connectivity index (χ4n) is 3.88. The van der Waals surface area contributed by atoms with E-state index in [0.717, 1.165) is 55.0 Å². The van der Waals surface area contributed by atoms with Gasteiger partial charge in [0.05, 0.1) is 0 Å². The minimum Gasteiger partial charge on any atom is -0.356 e. The lowest BCUT2D eigenvalue weighted by molar-refractivity contribution is 0.0952. The van der Waals surface area contributed by atoms with Crippen molar-refractivity contribution in [3.8, 4) is 0 Å². The van der Waals surface area contributed by atoms with E-state index >= 15 is 0 Å². The average Bonchev–Trinajstić information content (AvgIpc) is 2.85. The molecule has 1 aliphatic carbocycles. The summed E-state index contributed by atoms with van der Waals surface area (Å²) in [6.07, 6.45) is 16.5. The summed E-state index contributed by atoms with van der Waals surface area (Å²) >= 11 is 0. The van der Waals surface area contributed by atoms with Gasteiger partial charge in [0.1, 0.15) is 0 Å². The second kappa shape index (κ2) is 12.8. The van der Waals surface area contributed by atoms with Gasteiger partial charge in [-0.05, 0) is 86.9 Å². The molecule has 0 radical (unpaired) electrons. The summed E-state index contributed by atoms with van der Waals surface area (Å²) in [5.74, 6) is 0.328. The van der Waals surface area contributed by atoms with Crippen molar-refractivity contribution >= 4 is 17.7 Å². The minimum atomic E-state index is -0.0118. The molecule has 1 aliphatic rings. The Morgan fingerprint density at radius 2 is 1.97 bits per heavy atom. The van der Waals surface area contributed by atoms with Crippen molar-refractivity contribution < 1.29 is 4.79 Å². The lowest BCUT2D eigenvalue weighted by Gasteiger charge is -2.18. The van der Waals surface area contributed by atoms with E-state index in [1.54, 1.807) is 0 Å². The van der Waals surface area contributed by atoms with E-state index in [1.807, 2.05) is 49.6 Å². The third-order valence-electron chi connectivity index (χ3n) is 5.94. The Kier molecular flexibility index (Phi) is 9.45. The highest BCUT2D eigenvalue weighted by molar-refractivity contribution is 5.94. The molecule has 2 aromatic rings. The number of rotatable bonds is 11. The molecule has 1 heterocycles. The molecular weight excluding hydrogens is 408 g/mol. The quantitative estimate of drug-likeness (QED) is 0.453. The van der Waals surface area contributed by atoms with Crippen LogP contribution in [-0.2, 0) is 0 Å². The molecule has 1 aromatic heterocycles. The number of allylic oxidation sites excluding steroid dienone is 4. The zero-order valence-electron chi connectivity index (χ0n) is 20.1. The topological polar surface area (TPSA) is 57.3 Å². The number of pyridine rings is 1. The normalized spacial score (nSPS) is 15.6. The number of hydrogen-bond acceptors (Lipinski definition) is 4. The number of benzene rings is 1. The molecule has 5 nitrogen and oxygen atoms in total. The molecule has 1 atom stereocenters. The van der Waals surface area contributed by atoms with E-state index in [-0.39, 0.29) is 5.91 Å². The average molecular weight is 445 g/mol. The highest BCUT2D eigenvalue weighted by atomic mass is 16.1. The van der Waals surface area contributed by atoms with Gasteiger partial charge in [0.2, 0.25) is 0 Å². The molecule has 0 aliphatic heterocycles. The van der Waals surface area contributed by atoms with Crippen molar-refractivity contribution in [1.29, 1.82) is 0 Å². The lowest BCUT2D eigenvalue weighted by Crippen LogP contribution is -2.29. The standard InChI is InChI=1S/C28H36N4O/c1-4-32(5-2)19-7-16-30-28(33)25-12-13-27(22(3)20-25)31-26-9-6-8-24(21-26)11-10-23-14-17-29-18-15-23/h6,9-15,17-18,20-21,24,31H,4-5,7-8,16,19H2,1-3H3,(H,30,33)/b11-10+. The monoisotopic (exact) mass is 444 g/mol.